The van der Waals surface area contributed by atoms with E-state index in [1.54, 1.807) is 12.1 Å². The number of rotatable bonds is 4. The van der Waals surface area contributed by atoms with Crippen LogP contribution in [-0.4, -0.2) is 36.0 Å². The zero-order valence-electron chi connectivity index (χ0n) is 18.3. The highest BCUT2D eigenvalue weighted by Gasteiger charge is 2.32. The van der Waals surface area contributed by atoms with Gasteiger partial charge in [-0.1, -0.05) is 34.5 Å². The van der Waals surface area contributed by atoms with Crippen molar-refractivity contribution < 1.29 is 17.4 Å². The number of hydrogen-bond acceptors (Lipinski definition) is 6. The van der Waals surface area contributed by atoms with Crippen molar-refractivity contribution in [3.05, 3.63) is 65.0 Å². The van der Waals surface area contributed by atoms with Crippen LogP contribution in [0, 0.1) is 20.8 Å². The van der Waals surface area contributed by atoms with E-state index in [0.29, 0.717) is 48.3 Å². The highest BCUT2D eigenvalue weighted by atomic mass is 32.2. The minimum atomic E-state index is -3.49. The Balaban J connectivity index is 1.32. The van der Waals surface area contributed by atoms with Gasteiger partial charge in [-0.2, -0.15) is 9.29 Å². The fourth-order valence-corrected chi connectivity index (χ4v) is 5.71. The third kappa shape index (κ3) is 3.63. The fourth-order valence-electron chi connectivity index (χ4n) is 4.24. The molecule has 32 heavy (non-hydrogen) atoms. The van der Waals surface area contributed by atoms with Crippen LogP contribution in [0.2, 0.25) is 0 Å². The molecule has 2 aromatic heterocycles. The Hall–Kier alpha value is -2.97. The first-order valence-corrected chi connectivity index (χ1v) is 12.2. The number of aryl methyl sites for hydroxylation is 3. The van der Waals surface area contributed by atoms with Crippen LogP contribution in [0.25, 0.3) is 22.6 Å². The standard InChI is InChI=1S/C24H25N3O4S/c1-15-4-7-19(8-5-15)32(28,29)27-12-10-18(11-13-27)24-25-23(26-31-24)22-17(3)20-14-16(2)6-9-21(20)30-22/h4-9,14,18H,10-13H2,1-3H3. The van der Waals surface area contributed by atoms with Gasteiger partial charge in [0.15, 0.2) is 5.76 Å². The van der Waals surface area contributed by atoms with Gasteiger partial charge in [-0.05, 0) is 57.9 Å². The number of aromatic nitrogens is 2. The Kier molecular flexibility index (Phi) is 5.14. The maximum atomic E-state index is 12.9. The summed E-state index contributed by atoms with van der Waals surface area (Å²) in [6.45, 7) is 6.81. The van der Waals surface area contributed by atoms with Crippen LogP contribution < -0.4 is 0 Å². The zero-order valence-corrected chi connectivity index (χ0v) is 19.1. The van der Waals surface area contributed by atoms with Gasteiger partial charge in [-0.25, -0.2) is 8.42 Å². The van der Waals surface area contributed by atoms with Gasteiger partial charge in [0.05, 0.1) is 4.90 Å². The lowest BCUT2D eigenvalue weighted by molar-refractivity contribution is 0.270. The summed E-state index contributed by atoms with van der Waals surface area (Å²) < 4.78 is 39.0. The molecule has 0 amide bonds. The molecule has 0 aliphatic carbocycles. The number of sulfonamides is 1. The Morgan fingerprint density at radius 1 is 0.969 bits per heavy atom. The highest BCUT2D eigenvalue weighted by Crippen LogP contribution is 2.35. The summed E-state index contributed by atoms with van der Waals surface area (Å²) in [4.78, 5) is 4.93. The van der Waals surface area contributed by atoms with E-state index < -0.39 is 10.0 Å². The Morgan fingerprint density at radius 2 is 1.66 bits per heavy atom. The first-order valence-electron chi connectivity index (χ1n) is 10.7. The SMILES string of the molecule is Cc1ccc(S(=O)(=O)N2CCC(c3nc(-c4oc5ccc(C)cc5c4C)no3)CC2)cc1. The van der Waals surface area contributed by atoms with Gasteiger partial charge in [0, 0.05) is 30.0 Å². The summed E-state index contributed by atoms with van der Waals surface area (Å²) >= 11 is 0. The molecular formula is C24H25N3O4S. The molecule has 166 valence electrons. The summed E-state index contributed by atoms with van der Waals surface area (Å²) in [5.41, 5.74) is 3.97. The molecule has 1 saturated heterocycles. The minimum absolute atomic E-state index is 0.0210. The molecule has 0 unspecified atom stereocenters. The molecule has 5 rings (SSSR count). The molecule has 0 bridgehead atoms. The first-order chi connectivity index (χ1) is 15.3. The van der Waals surface area contributed by atoms with Crippen LogP contribution in [0.15, 0.2) is 56.3 Å². The Labute approximate surface area is 187 Å². The molecule has 0 spiro atoms. The van der Waals surface area contributed by atoms with E-state index >= 15 is 0 Å². The highest BCUT2D eigenvalue weighted by molar-refractivity contribution is 7.89. The van der Waals surface area contributed by atoms with Gasteiger partial charge in [0.1, 0.15) is 5.58 Å². The molecular weight excluding hydrogens is 426 g/mol. The van der Waals surface area contributed by atoms with Gasteiger partial charge in [0.25, 0.3) is 0 Å². The van der Waals surface area contributed by atoms with Crippen LogP contribution in [0.3, 0.4) is 0 Å². The van der Waals surface area contributed by atoms with Crippen molar-refractivity contribution in [1.29, 1.82) is 0 Å². The molecule has 4 aromatic rings. The maximum Gasteiger partial charge on any atom is 0.243 e. The van der Waals surface area contributed by atoms with Gasteiger partial charge < -0.3 is 8.94 Å². The largest absolute Gasteiger partial charge is 0.452 e. The average molecular weight is 452 g/mol. The second-order valence-corrected chi connectivity index (χ2v) is 10.4. The average Bonchev–Trinajstić information content (AvgIpc) is 3.39. The number of fused-ring (bicyclic) bond motifs is 1. The maximum absolute atomic E-state index is 12.9. The van der Waals surface area contributed by atoms with E-state index in [-0.39, 0.29) is 5.92 Å². The second kappa shape index (κ2) is 7.86. The van der Waals surface area contributed by atoms with Gasteiger partial charge in [-0.3, -0.25) is 0 Å². The smallest absolute Gasteiger partial charge is 0.243 e. The summed E-state index contributed by atoms with van der Waals surface area (Å²) in [7, 11) is -3.49. The van der Waals surface area contributed by atoms with Crippen LogP contribution in [0.5, 0.6) is 0 Å². The summed E-state index contributed by atoms with van der Waals surface area (Å²) in [6, 6.07) is 13.0. The second-order valence-electron chi connectivity index (χ2n) is 8.50. The van der Waals surface area contributed by atoms with Crippen molar-refractivity contribution in [2.75, 3.05) is 13.1 Å². The molecule has 7 nitrogen and oxygen atoms in total. The van der Waals surface area contributed by atoms with Crippen LogP contribution in [0.4, 0.5) is 0 Å². The third-order valence-electron chi connectivity index (χ3n) is 6.20. The number of hydrogen-bond donors (Lipinski definition) is 0. The monoisotopic (exact) mass is 451 g/mol. The van der Waals surface area contributed by atoms with Crippen molar-refractivity contribution in [3.8, 4) is 11.6 Å². The molecule has 3 heterocycles. The fraction of sp³-hybridized carbons (Fsp3) is 0.333. The number of nitrogens with zero attached hydrogens (tertiary/aromatic N) is 3. The number of benzene rings is 2. The van der Waals surface area contributed by atoms with E-state index in [4.69, 9.17) is 8.94 Å². The van der Waals surface area contributed by atoms with Crippen LogP contribution in [-0.2, 0) is 10.0 Å². The molecule has 1 aliphatic heterocycles. The minimum Gasteiger partial charge on any atom is -0.452 e. The van der Waals surface area contributed by atoms with E-state index in [1.165, 1.54) is 4.31 Å². The Morgan fingerprint density at radius 3 is 2.38 bits per heavy atom. The van der Waals surface area contributed by atoms with Crippen molar-refractivity contribution in [2.45, 2.75) is 44.4 Å². The van der Waals surface area contributed by atoms with E-state index in [2.05, 4.69) is 16.2 Å². The van der Waals surface area contributed by atoms with Crippen LogP contribution >= 0.6 is 0 Å². The normalized spacial score (nSPS) is 16.1. The molecule has 2 aromatic carbocycles. The lowest BCUT2D eigenvalue weighted by Crippen LogP contribution is -2.37. The predicted molar refractivity (Wildman–Crippen MR) is 121 cm³/mol. The molecule has 0 atom stereocenters. The molecule has 0 saturated carbocycles. The number of piperidine rings is 1. The van der Waals surface area contributed by atoms with Crippen molar-refractivity contribution in [2.24, 2.45) is 0 Å². The van der Waals surface area contributed by atoms with E-state index in [1.807, 2.05) is 45.0 Å². The lowest BCUT2D eigenvalue weighted by atomic mass is 9.98. The van der Waals surface area contributed by atoms with Gasteiger partial charge >= 0.3 is 0 Å². The molecule has 8 heteroatoms. The molecule has 0 radical (unpaired) electrons. The summed E-state index contributed by atoms with van der Waals surface area (Å²) in [6.07, 6.45) is 1.26. The van der Waals surface area contributed by atoms with Gasteiger partial charge in [0.2, 0.25) is 21.7 Å². The van der Waals surface area contributed by atoms with Gasteiger partial charge in [-0.15, -0.1) is 0 Å². The molecule has 0 N–H and O–H groups in total. The number of furan rings is 1. The van der Waals surface area contributed by atoms with E-state index in [0.717, 1.165) is 27.7 Å². The Bertz CT molecular complexity index is 1380. The van der Waals surface area contributed by atoms with Crippen molar-refractivity contribution in [3.63, 3.8) is 0 Å². The van der Waals surface area contributed by atoms with Crippen molar-refractivity contribution in [1.82, 2.24) is 14.4 Å². The first kappa shape index (κ1) is 20.9. The van der Waals surface area contributed by atoms with Crippen LogP contribution in [0.1, 0.15) is 41.3 Å². The quantitative estimate of drug-likeness (QED) is 0.435. The topological polar surface area (TPSA) is 89.4 Å². The zero-order chi connectivity index (χ0) is 22.5. The van der Waals surface area contributed by atoms with E-state index in [9.17, 15) is 8.42 Å². The van der Waals surface area contributed by atoms with Crippen molar-refractivity contribution >= 4 is 21.0 Å². The molecule has 1 aliphatic rings. The third-order valence-corrected chi connectivity index (χ3v) is 8.11. The lowest BCUT2D eigenvalue weighted by Gasteiger charge is -2.29. The molecule has 1 fully saturated rings. The summed E-state index contributed by atoms with van der Waals surface area (Å²) in [5, 5.41) is 5.19. The summed E-state index contributed by atoms with van der Waals surface area (Å²) in [5.74, 6) is 1.59. The predicted octanol–water partition coefficient (Wildman–Crippen LogP) is 4.98.